The number of hydrogen-bond acceptors (Lipinski definition) is 8. The molecule has 1 aliphatic rings. The summed E-state index contributed by atoms with van der Waals surface area (Å²) in [5.74, 6) is 0.168. The van der Waals surface area contributed by atoms with Crippen LogP contribution in [0.2, 0.25) is 0 Å². The molecule has 0 radical (unpaired) electrons. The lowest BCUT2D eigenvalue weighted by molar-refractivity contribution is 0.102. The number of carboxylic acid groups (broad SMARTS) is 1. The average Bonchev–Trinajstić information content (AvgIpc) is 3.28. The molecule has 3 aromatic rings. The van der Waals surface area contributed by atoms with E-state index in [-0.39, 0.29) is 30.7 Å². The lowest BCUT2D eigenvalue weighted by Crippen LogP contribution is -2.35. The first-order chi connectivity index (χ1) is 15.0. The molecule has 1 atom stereocenters. The Morgan fingerprint density at radius 2 is 2.13 bits per heavy atom. The number of tetrazole rings is 1. The number of nitrogens with zero attached hydrogens (tertiary/aromatic N) is 7. The second kappa shape index (κ2) is 8.44. The Kier molecular flexibility index (Phi) is 5.54. The van der Waals surface area contributed by atoms with Crippen molar-refractivity contribution < 1.29 is 19.8 Å². The van der Waals surface area contributed by atoms with Crippen LogP contribution in [0.1, 0.15) is 34.6 Å². The van der Waals surface area contributed by atoms with Gasteiger partial charge in [0, 0.05) is 19.3 Å². The maximum absolute atomic E-state index is 12.7. The highest BCUT2D eigenvalue weighted by atomic mass is 16.4. The van der Waals surface area contributed by atoms with Crippen molar-refractivity contribution in [3.8, 4) is 11.5 Å². The van der Waals surface area contributed by atoms with Crippen LogP contribution in [0.5, 0.6) is 0 Å². The number of carbonyl (C=O) groups excluding carboxylic acids is 1. The van der Waals surface area contributed by atoms with E-state index in [9.17, 15) is 19.8 Å². The van der Waals surface area contributed by atoms with Crippen LogP contribution in [0.15, 0.2) is 30.5 Å². The van der Waals surface area contributed by atoms with Gasteiger partial charge in [0.25, 0.3) is 5.91 Å². The molecular formula is C19H20N8O4. The summed E-state index contributed by atoms with van der Waals surface area (Å²) in [5.41, 5.74) is 2.28. The molecule has 3 aromatic heterocycles. The van der Waals surface area contributed by atoms with E-state index in [0.29, 0.717) is 24.5 Å². The molecule has 12 nitrogen and oxygen atoms in total. The van der Waals surface area contributed by atoms with Gasteiger partial charge < -0.3 is 20.4 Å². The number of aliphatic hydroxyl groups is 1. The second-order valence-corrected chi connectivity index (χ2v) is 7.13. The van der Waals surface area contributed by atoms with Crippen LogP contribution in [0.4, 0.5) is 10.6 Å². The summed E-state index contributed by atoms with van der Waals surface area (Å²) in [4.78, 5) is 33.8. The first kappa shape index (κ1) is 20.3. The second-order valence-electron chi connectivity index (χ2n) is 7.13. The number of hydrogen-bond donors (Lipinski definition) is 3. The van der Waals surface area contributed by atoms with E-state index in [1.807, 2.05) is 0 Å². The van der Waals surface area contributed by atoms with E-state index >= 15 is 0 Å². The van der Waals surface area contributed by atoms with Crippen molar-refractivity contribution >= 4 is 17.8 Å². The van der Waals surface area contributed by atoms with Crippen LogP contribution in [0.3, 0.4) is 0 Å². The molecule has 0 saturated heterocycles. The van der Waals surface area contributed by atoms with Gasteiger partial charge in [-0.25, -0.2) is 14.5 Å². The van der Waals surface area contributed by atoms with Crippen LogP contribution < -0.4 is 5.32 Å². The maximum Gasteiger partial charge on any atom is 0.407 e. The van der Waals surface area contributed by atoms with Gasteiger partial charge in [-0.1, -0.05) is 6.07 Å². The molecule has 160 valence electrons. The Morgan fingerprint density at radius 1 is 1.29 bits per heavy atom. The molecule has 31 heavy (non-hydrogen) atoms. The van der Waals surface area contributed by atoms with Gasteiger partial charge in [0.2, 0.25) is 5.82 Å². The standard InChI is InChI=1S/C19H20N8O4/c1-11(10-28)27-17(23-24-25-27)14-3-2-4-16(21-14)22-18(29)15-7-13-9-26(19(30)31)6-5-12(13)8-20-15/h2-4,7-8,11,28H,5-6,9-10H2,1H3,(H,30,31)(H,21,22,29). The minimum Gasteiger partial charge on any atom is -0.465 e. The molecule has 2 amide bonds. The fraction of sp³-hybridized carbons (Fsp3) is 0.316. The van der Waals surface area contributed by atoms with Crippen molar-refractivity contribution in [2.24, 2.45) is 0 Å². The summed E-state index contributed by atoms with van der Waals surface area (Å²) in [7, 11) is 0. The number of fused-ring (bicyclic) bond motifs is 1. The van der Waals surface area contributed by atoms with Crippen LogP contribution in [-0.2, 0) is 13.0 Å². The quantitative estimate of drug-likeness (QED) is 0.542. The average molecular weight is 424 g/mol. The lowest BCUT2D eigenvalue weighted by Gasteiger charge is -2.26. The van der Waals surface area contributed by atoms with E-state index in [2.05, 4.69) is 30.8 Å². The number of amides is 2. The predicted octanol–water partition coefficient (Wildman–Crippen LogP) is 0.972. The minimum atomic E-state index is -0.993. The number of aliphatic hydroxyl groups excluding tert-OH is 1. The van der Waals surface area contributed by atoms with Gasteiger partial charge in [0.05, 0.1) is 12.6 Å². The number of nitrogens with one attached hydrogen (secondary N) is 1. The lowest BCUT2D eigenvalue weighted by atomic mass is 10.0. The third-order valence-electron chi connectivity index (χ3n) is 4.99. The number of aromatic nitrogens is 6. The summed E-state index contributed by atoms with van der Waals surface area (Å²) >= 11 is 0. The van der Waals surface area contributed by atoms with Crippen molar-refractivity contribution in [3.05, 3.63) is 47.3 Å². The van der Waals surface area contributed by atoms with Gasteiger partial charge in [-0.2, -0.15) is 0 Å². The van der Waals surface area contributed by atoms with E-state index in [0.717, 1.165) is 11.1 Å². The Balaban J connectivity index is 1.54. The molecule has 0 fully saturated rings. The molecule has 0 saturated carbocycles. The van der Waals surface area contributed by atoms with E-state index in [1.165, 1.54) is 9.58 Å². The Bertz CT molecular complexity index is 1130. The van der Waals surface area contributed by atoms with Crippen molar-refractivity contribution in [2.75, 3.05) is 18.5 Å². The van der Waals surface area contributed by atoms with Crippen molar-refractivity contribution in [1.82, 2.24) is 35.1 Å². The SMILES string of the molecule is CC(CO)n1nnnc1-c1cccc(NC(=O)c2cc3c(cn2)CCN(C(=O)O)C3)n1. The number of anilines is 1. The predicted molar refractivity (Wildman–Crippen MR) is 107 cm³/mol. The number of rotatable bonds is 5. The molecule has 3 N–H and O–H groups in total. The number of carbonyl (C=O) groups is 2. The Morgan fingerprint density at radius 3 is 2.90 bits per heavy atom. The van der Waals surface area contributed by atoms with Crippen LogP contribution in [-0.4, -0.2) is 70.4 Å². The molecule has 12 heteroatoms. The molecule has 0 spiro atoms. The van der Waals surface area contributed by atoms with Crippen LogP contribution >= 0.6 is 0 Å². The summed E-state index contributed by atoms with van der Waals surface area (Å²) in [5, 5.41) is 32.7. The summed E-state index contributed by atoms with van der Waals surface area (Å²) in [6, 6.07) is 6.28. The molecule has 1 unspecified atom stereocenters. The van der Waals surface area contributed by atoms with Gasteiger partial charge >= 0.3 is 6.09 Å². The van der Waals surface area contributed by atoms with Crippen LogP contribution in [0.25, 0.3) is 11.5 Å². The number of pyridine rings is 2. The van der Waals surface area contributed by atoms with Crippen molar-refractivity contribution in [2.45, 2.75) is 25.9 Å². The first-order valence-corrected chi connectivity index (χ1v) is 9.59. The smallest absolute Gasteiger partial charge is 0.407 e. The van der Waals surface area contributed by atoms with Crippen LogP contribution in [0, 0.1) is 0 Å². The Hall–Kier alpha value is -3.93. The van der Waals surface area contributed by atoms with E-state index < -0.39 is 12.0 Å². The summed E-state index contributed by atoms with van der Waals surface area (Å²) in [6.45, 7) is 2.24. The zero-order valence-corrected chi connectivity index (χ0v) is 16.6. The third kappa shape index (κ3) is 4.19. The van der Waals surface area contributed by atoms with Gasteiger partial charge in [-0.15, -0.1) is 5.10 Å². The summed E-state index contributed by atoms with van der Waals surface area (Å²) in [6.07, 6.45) is 1.17. The topological polar surface area (TPSA) is 159 Å². The highest BCUT2D eigenvalue weighted by Crippen LogP contribution is 2.21. The zero-order chi connectivity index (χ0) is 22.0. The fourth-order valence-corrected chi connectivity index (χ4v) is 3.27. The molecule has 0 aromatic carbocycles. The molecule has 0 aliphatic carbocycles. The van der Waals surface area contributed by atoms with Crippen molar-refractivity contribution in [3.63, 3.8) is 0 Å². The fourth-order valence-electron chi connectivity index (χ4n) is 3.27. The zero-order valence-electron chi connectivity index (χ0n) is 16.6. The van der Waals surface area contributed by atoms with Gasteiger partial charge in [0.15, 0.2) is 0 Å². The first-order valence-electron chi connectivity index (χ1n) is 9.59. The van der Waals surface area contributed by atoms with Crippen molar-refractivity contribution in [1.29, 1.82) is 0 Å². The summed E-state index contributed by atoms with van der Waals surface area (Å²) < 4.78 is 1.45. The van der Waals surface area contributed by atoms with E-state index in [4.69, 9.17) is 0 Å². The third-order valence-corrected chi connectivity index (χ3v) is 4.99. The minimum absolute atomic E-state index is 0.141. The maximum atomic E-state index is 12.7. The molecule has 4 rings (SSSR count). The molecule has 1 aliphatic heterocycles. The Labute approximate surface area is 176 Å². The van der Waals surface area contributed by atoms with E-state index in [1.54, 1.807) is 37.4 Å². The molecule has 0 bridgehead atoms. The van der Waals surface area contributed by atoms with Gasteiger partial charge in [-0.05, 0) is 53.1 Å². The highest BCUT2D eigenvalue weighted by molar-refractivity contribution is 6.02. The monoisotopic (exact) mass is 424 g/mol. The molecular weight excluding hydrogens is 404 g/mol. The molecule has 4 heterocycles. The highest BCUT2D eigenvalue weighted by Gasteiger charge is 2.22. The normalized spacial score (nSPS) is 14.1. The van der Waals surface area contributed by atoms with Gasteiger partial charge in [0.1, 0.15) is 17.2 Å². The van der Waals surface area contributed by atoms with Gasteiger partial charge in [-0.3, -0.25) is 9.78 Å². The largest absolute Gasteiger partial charge is 0.465 e.